The second-order valence-corrected chi connectivity index (χ2v) is 3.19. The van der Waals surface area contributed by atoms with Gasteiger partial charge in [0.25, 0.3) is 0 Å². The van der Waals surface area contributed by atoms with Crippen molar-refractivity contribution in [2.24, 2.45) is 0 Å². The minimum absolute atomic E-state index is 0. The Morgan fingerprint density at radius 1 is 0.909 bits per heavy atom. The van der Waals surface area contributed by atoms with Crippen molar-refractivity contribution in [2.75, 3.05) is 0 Å². The van der Waals surface area contributed by atoms with Crippen LogP contribution in [0.3, 0.4) is 0 Å². The summed E-state index contributed by atoms with van der Waals surface area (Å²) in [6, 6.07) is 0. The zero-order valence-corrected chi connectivity index (χ0v) is 7.42. The molecular formula is H5Mn2NO8. The maximum atomic E-state index is 8.69. The summed E-state index contributed by atoms with van der Waals surface area (Å²) in [5.74, 6) is 0. The molecule has 0 amide bonds. The fourth-order valence-corrected chi connectivity index (χ4v) is 0. The molecule has 0 fully saturated rings. The van der Waals surface area contributed by atoms with Crippen molar-refractivity contribution in [3.05, 3.63) is 0 Å². The molecular weight excluding hydrogens is 252 g/mol. The molecule has 0 heterocycles. The van der Waals surface area contributed by atoms with E-state index in [4.69, 9.17) is 31.4 Å². The monoisotopic (exact) mass is 257 g/mol. The standard InChI is InChI=1S/2Mn.H3N.H2O.7O/h;;1H3;1H2;;;;;;;/q;+1;;;;;;;;;-1. The van der Waals surface area contributed by atoms with Crippen molar-refractivity contribution < 1.29 is 57.3 Å². The van der Waals surface area contributed by atoms with Crippen LogP contribution >= 0.6 is 0 Å². The predicted molar refractivity (Wildman–Crippen MR) is 12.3 cm³/mol. The van der Waals surface area contributed by atoms with Gasteiger partial charge in [-0.05, 0) is 0 Å². The summed E-state index contributed by atoms with van der Waals surface area (Å²) < 4.78 is 67.4. The second-order valence-electron chi connectivity index (χ2n) is 0.774. The third-order valence-electron chi connectivity index (χ3n) is 0. The molecule has 11 heteroatoms. The van der Waals surface area contributed by atoms with Gasteiger partial charge < -0.3 is 6.15 Å². The maximum absolute atomic E-state index is 8.69. The zero-order chi connectivity index (χ0) is 9.00. The van der Waals surface area contributed by atoms with Gasteiger partial charge in [-0.3, -0.25) is 0 Å². The molecule has 0 aromatic carbocycles. The van der Waals surface area contributed by atoms with Gasteiger partial charge in [0.2, 0.25) is 0 Å². The quantitative estimate of drug-likeness (QED) is 0.462. The molecule has 0 saturated carbocycles. The van der Waals surface area contributed by atoms with Crippen molar-refractivity contribution in [3.8, 4) is 0 Å². The summed E-state index contributed by atoms with van der Waals surface area (Å²) in [6.45, 7) is 0. The summed E-state index contributed by atoms with van der Waals surface area (Å²) in [6.07, 6.45) is 0. The van der Waals surface area contributed by atoms with Gasteiger partial charge in [0.15, 0.2) is 0 Å². The first-order valence-electron chi connectivity index (χ1n) is 1.25. The van der Waals surface area contributed by atoms with Crippen LogP contribution in [0.1, 0.15) is 0 Å². The molecule has 0 atom stereocenters. The molecule has 0 rings (SSSR count). The van der Waals surface area contributed by atoms with E-state index in [0.29, 0.717) is 0 Å². The topological polar surface area (TPSA) is 182 Å². The van der Waals surface area contributed by atoms with E-state index < -0.39 is 25.9 Å². The summed E-state index contributed by atoms with van der Waals surface area (Å²) in [5, 5.41) is 0. The van der Waals surface area contributed by atoms with Crippen LogP contribution in [0.25, 0.3) is 0 Å². The average Bonchev–Trinajstić information content (AvgIpc) is 1.12. The van der Waals surface area contributed by atoms with Gasteiger partial charge in [0, 0.05) is 0 Å². The van der Waals surface area contributed by atoms with Crippen molar-refractivity contribution in [3.63, 3.8) is 0 Å². The summed E-state index contributed by atoms with van der Waals surface area (Å²) in [4.78, 5) is 0. The normalized spacial score (nSPS) is 10.4. The van der Waals surface area contributed by atoms with E-state index in [9.17, 15) is 0 Å². The van der Waals surface area contributed by atoms with Crippen molar-refractivity contribution in [1.82, 2.24) is 6.15 Å². The van der Waals surface area contributed by atoms with Gasteiger partial charge in [-0.1, -0.05) is 0 Å². The van der Waals surface area contributed by atoms with E-state index in [2.05, 4.69) is 0 Å². The van der Waals surface area contributed by atoms with Gasteiger partial charge in [-0.25, -0.2) is 0 Å². The van der Waals surface area contributed by atoms with Crippen LogP contribution in [0.2, 0.25) is 0 Å². The summed E-state index contributed by atoms with van der Waals surface area (Å²) in [7, 11) is 0. The van der Waals surface area contributed by atoms with Crippen molar-refractivity contribution in [2.45, 2.75) is 0 Å². The third-order valence-corrected chi connectivity index (χ3v) is 0. The molecule has 0 aliphatic rings. The third kappa shape index (κ3) is 7330. The molecule has 0 radical (unpaired) electrons. The summed E-state index contributed by atoms with van der Waals surface area (Å²) in [5.41, 5.74) is 0. The molecule has 0 aliphatic heterocycles. The van der Waals surface area contributed by atoms with Gasteiger partial charge >= 0.3 is 57.3 Å². The number of hydrogen-bond acceptors (Lipinski definition) is 7. The van der Waals surface area contributed by atoms with Crippen molar-refractivity contribution in [1.29, 1.82) is 0 Å². The molecule has 9 nitrogen and oxygen atoms in total. The van der Waals surface area contributed by atoms with Gasteiger partial charge in [0.1, 0.15) is 0 Å². The first-order chi connectivity index (χ1) is 4.00. The molecule has 0 aliphatic carbocycles. The fourth-order valence-electron chi connectivity index (χ4n) is 0. The predicted octanol–water partition coefficient (Wildman–Crippen LogP) is -2.09. The first kappa shape index (κ1) is 17.0. The second kappa shape index (κ2) is 5.38. The van der Waals surface area contributed by atoms with E-state index in [1.807, 2.05) is 0 Å². The Morgan fingerprint density at radius 3 is 0.909 bits per heavy atom. The zero-order valence-electron chi connectivity index (χ0n) is 5.06. The van der Waals surface area contributed by atoms with Gasteiger partial charge in [-0.15, -0.1) is 0 Å². The number of quaternary nitrogens is 1. The Balaban J connectivity index is -0.000000107. The first-order valence-corrected chi connectivity index (χ1v) is 5.15. The fraction of sp³-hybridized carbons (Fsp3) is 0. The van der Waals surface area contributed by atoms with Crippen LogP contribution in [0, 0.1) is 0 Å². The average molecular weight is 257 g/mol. The molecule has 0 spiro atoms. The van der Waals surface area contributed by atoms with E-state index in [1.165, 1.54) is 0 Å². The molecule has 0 bridgehead atoms. The molecule has 0 saturated heterocycles. The van der Waals surface area contributed by atoms with E-state index in [0.717, 1.165) is 0 Å². The van der Waals surface area contributed by atoms with Crippen LogP contribution in [-0.2, 0) is 48.9 Å². The van der Waals surface area contributed by atoms with Gasteiger partial charge in [-0.2, -0.15) is 0 Å². The van der Waals surface area contributed by atoms with Crippen molar-refractivity contribution >= 4 is 0 Å². The van der Waals surface area contributed by atoms with E-state index in [1.54, 1.807) is 0 Å². The van der Waals surface area contributed by atoms with Gasteiger partial charge in [0.05, 0.1) is 0 Å². The Morgan fingerprint density at radius 2 is 0.909 bits per heavy atom. The summed E-state index contributed by atoms with van der Waals surface area (Å²) >= 11 is -11.0. The van der Waals surface area contributed by atoms with Crippen LogP contribution in [0.4, 0.5) is 0 Å². The molecule has 0 aromatic rings. The molecule has 11 heavy (non-hydrogen) atoms. The Bertz CT molecular complexity index is 296. The van der Waals surface area contributed by atoms with Crippen LogP contribution in [0.5, 0.6) is 0 Å². The Hall–Kier alpha value is -0.281. The number of hydrogen-bond donors (Lipinski definition) is 2. The SMILES string of the molecule is [NH4+].[O]=[Mn](=[O])(=[O])[O-].[O]=[Mn](=[O])(=[O])[OH]. The molecule has 0 unspecified atom stereocenters. The van der Waals surface area contributed by atoms with Crippen LogP contribution in [-0.4, -0.2) is 4.19 Å². The molecule has 0 aromatic heterocycles. The van der Waals surface area contributed by atoms with Crippen LogP contribution in [0.15, 0.2) is 0 Å². The molecule has 72 valence electrons. The number of rotatable bonds is 0. The minimum atomic E-state index is -5.62. The van der Waals surface area contributed by atoms with E-state index in [-0.39, 0.29) is 6.15 Å². The Kier molecular flexibility index (Phi) is 8.31. The van der Waals surface area contributed by atoms with E-state index >= 15 is 0 Å². The Labute approximate surface area is 63.9 Å². The van der Waals surface area contributed by atoms with Crippen LogP contribution < -0.4 is 10.3 Å². The molecule has 5 N–H and O–H groups in total.